The lowest BCUT2D eigenvalue weighted by atomic mass is 9.98. The van der Waals surface area contributed by atoms with E-state index in [4.69, 9.17) is 9.57 Å². The number of benzene rings is 1. The topological polar surface area (TPSA) is 102 Å². The molecule has 0 bridgehead atoms. The Morgan fingerprint density at radius 2 is 1.79 bits per heavy atom. The number of carbonyl (C=O) groups is 4. The normalized spacial score (nSPS) is 15.5. The second-order valence-electron chi connectivity index (χ2n) is 7.56. The molecule has 1 N–H and O–H groups in total. The fourth-order valence-electron chi connectivity index (χ4n) is 2.76. The monoisotopic (exact) mass is 390 g/mol. The third kappa shape index (κ3) is 5.16. The summed E-state index contributed by atoms with van der Waals surface area (Å²) < 4.78 is 5.48. The van der Waals surface area contributed by atoms with Gasteiger partial charge in [-0.1, -0.05) is 13.0 Å². The summed E-state index contributed by atoms with van der Waals surface area (Å²) in [5.41, 5.74) is 0.803. The quantitative estimate of drug-likeness (QED) is 0.587. The number of likely N-dealkylation sites (N-methyl/N-ethyl adjacent to an activating group) is 1. The van der Waals surface area contributed by atoms with E-state index in [1.165, 1.54) is 12.1 Å². The number of rotatable bonds is 6. The molecule has 1 heterocycles. The van der Waals surface area contributed by atoms with Crippen LogP contribution in [0.5, 0.6) is 0 Å². The molecule has 8 heteroatoms. The van der Waals surface area contributed by atoms with Gasteiger partial charge >= 0.3 is 11.9 Å². The molecule has 1 aromatic rings. The average molecular weight is 390 g/mol. The number of nitrogens with one attached hydrogen (secondary N) is 1. The average Bonchev–Trinajstić information content (AvgIpc) is 2.90. The van der Waals surface area contributed by atoms with Gasteiger partial charge < -0.3 is 14.9 Å². The van der Waals surface area contributed by atoms with Crippen LogP contribution in [0.25, 0.3) is 0 Å². The molecule has 28 heavy (non-hydrogen) atoms. The molecule has 152 valence electrons. The van der Waals surface area contributed by atoms with Gasteiger partial charge in [0.15, 0.2) is 0 Å². The largest absolute Gasteiger partial charge is 0.459 e. The van der Waals surface area contributed by atoms with Crippen molar-refractivity contribution in [3.63, 3.8) is 0 Å². The zero-order valence-electron chi connectivity index (χ0n) is 16.8. The Hall–Kier alpha value is -2.74. The second-order valence-corrected chi connectivity index (χ2v) is 7.56. The highest BCUT2D eigenvalue weighted by molar-refractivity contribution is 6.02. The van der Waals surface area contributed by atoms with E-state index in [-0.39, 0.29) is 18.4 Å². The molecule has 1 aliphatic rings. The Morgan fingerprint density at radius 1 is 1.18 bits per heavy atom. The van der Waals surface area contributed by atoms with E-state index < -0.39 is 35.4 Å². The second kappa shape index (κ2) is 8.52. The maximum atomic E-state index is 12.6. The molecule has 0 aliphatic carbocycles. The molecular weight excluding hydrogens is 364 g/mol. The fraction of sp³-hybridized carbons (Fsp3) is 0.500. The van der Waals surface area contributed by atoms with Crippen molar-refractivity contribution in [1.82, 2.24) is 10.4 Å². The molecule has 1 atom stereocenters. The molecule has 2 rings (SSSR count). The van der Waals surface area contributed by atoms with Gasteiger partial charge in [-0.15, -0.1) is 5.06 Å². The molecule has 0 spiro atoms. The molecule has 2 amide bonds. The zero-order chi connectivity index (χ0) is 21.1. The maximum absolute atomic E-state index is 12.6. The Kier molecular flexibility index (Phi) is 6.56. The van der Waals surface area contributed by atoms with Gasteiger partial charge in [-0.05, 0) is 57.5 Å². The molecule has 0 radical (unpaired) electrons. The third-order valence-corrected chi connectivity index (χ3v) is 4.06. The number of hydrogen-bond donors (Lipinski definition) is 1. The summed E-state index contributed by atoms with van der Waals surface area (Å²) in [6, 6.07) is 3.94. The van der Waals surface area contributed by atoms with Crippen LogP contribution in [-0.2, 0) is 24.0 Å². The van der Waals surface area contributed by atoms with Crippen molar-refractivity contribution in [2.24, 2.45) is 0 Å². The smallest absolute Gasteiger partial charge is 0.363 e. The van der Waals surface area contributed by atoms with E-state index in [2.05, 4.69) is 5.32 Å². The van der Waals surface area contributed by atoms with Crippen LogP contribution in [0.15, 0.2) is 18.2 Å². The Bertz CT molecular complexity index is 780. The van der Waals surface area contributed by atoms with Crippen molar-refractivity contribution < 1.29 is 28.8 Å². The summed E-state index contributed by atoms with van der Waals surface area (Å²) in [6.45, 7) is 9.51. The molecule has 1 unspecified atom stereocenters. The van der Waals surface area contributed by atoms with E-state index in [9.17, 15) is 19.2 Å². The van der Waals surface area contributed by atoms with Gasteiger partial charge in [0.2, 0.25) is 0 Å². The molecule has 0 aromatic heterocycles. The molecule has 8 nitrogen and oxygen atoms in total. The minimum Gasteiger partial charge on any atom is -0.459 e. The lowest BCUT2D eigenvalue weighted by Gasteiger charge is -2.25. The highest BCUT2D eigenvalue weighted by Gasteiger charge is 2.34. The van der Waals surface area contributed by atoms with Crippen LogP contribution in [0.3, 0.4) is 0 Å². The summed E-state index contributed by atoms with van der Waals surface area (Å²) in [7, 11) is 0. The third-order valence-electron chi connectivity index (χ3n) is 4.06. The Morgan fingerprint density at radius 3 is 2.32 bits per heavy atom. The predicted molar refractivity (Wildman–Crippen MR) is 99.9 cm³/mol. The van der Waals surface area contributed by atoms with Gasteiger partial charge in [-0.2, -0.15) is 0 Å². The highest BCUT2D eigenvalue weighted by atomic mass is 16.7. The first kappa shape index (κ1) is 21.6. The van der Waals surface area contributed by atoms with Crippen LogP contribution in [0, 0.1) is 6.92 Å². The summed E-state index contributed by atoms with van der Waals surface area (Å²) in [6.07, 6.45) is 0.0405. The first-order chi connectivity index (χ1) is 13.0. The van der Waals surface area contributed by atoms with Crippen LogP contribution < -0.4 is 5.32 Å². The number of nitrogens with zero attached hydrogens (tertiary/aromatic N) is 1. The molecular formula is C20H26N2O6. The number of aryl methyl sites for hydroxylation is 1. The number of ether oxygens (including phenoxy) is 1. The van der Waals surface area contributed by atoms with Crippen LogP contribution in [-0.4, -0.2) is 41.0 Å². The van der Waals surface area contributed by atoms with Crippen LogP contribution in [0.2, 0.25) is 0 Å². The Balaban J connectivity index is 2.29. The van der Waals surface area contributed by atoms with Gasteiger partial charge in [0.1, 0.15) is 11.6 Å². The summed E-state index contributed by atoms with van der Waals surface area (Å²) in [5, 5.41) is 3.57. The van der Waals surface area contributed by atoms with E-state index in [1.807, 2.05) is 13.8 Å². The van der Waals surface area contributed by atoms with E-state index in [0.29, 0.717) is 17.2 Å². The number of amides is 2. The van der Waals surface area contributed by atoms with Crippen molar-refractivity contribution in [3.05, 3.63) is 34.9 Å². The number of carbonyl (C=O) groups excluding carboxylic acids is 4. The van der Waals surface area contributed by atoms with E-state index >= 15 is 0 Å². The summed E-state index contributed by atoms with van der Waals surface area (Å²) in [4.78, 5) is 53.3. The standard InChI is InChI=1S/C20H26N2O6/c1-6-21-17(19(26)27-20(3,4)5)14-11-13(8-7-12(14)2)18(25)28-22-15(23)9-10-16(22)24/h7-8,11,17,21H,6,9-10H2,1-5H3. The summed E-state index contributed by atoms with van der Waals surface area (Å²) in [5.74, 6) is -2.41. The van der Waals surface area contributed by atoms with Gasteiger partial charge in [0, 0.05) is 12.8 Å². The number of esters is 1. The predicted octanol–water partition coefficient (Wildman–Crippen LogP) is 2.21. The zero-order valence-corrected chi connectivity index (χ0v) is 16.8. The Labute approximate surface area is 164 Å². The first-order valence-corrected chi connectivity index (χ1v) is 9.18. The number of imide groups is 1. The first-order valence-electron chi connectivity index (χ1n) is 9.18. The van der Waals surface area contributed by atoms with Gasteiger partial charge in [0.25, 0.3) is 11.8 Å². The molecule has 1 aromatic carbocycles. The summed E-state index contributed by atoms with van der Waals surface area (Å²) >= 11 is 0. The van der Waals surface area contributed by atoms with Crippen LogP contribution >= 0.6 is 0 Å². The molecule has 1 saturated heterocycles. The molecule has 1 aliphatic heterocycles. The number of hydroxylamine groups is 2. The fourth-order valence-corrected chi connectivity index (χ4v) is 2.76. The van der Waals surface area contributed by atoms with Crippen molar-refractivity contribution in [2.75, 3.05) is 6.54 Å². The van der Waals surface area contributed by atoms with Crippen LogP contribution in [0.1, 0.15) is 68.1 Å². The minimum atomic E-state index is -0.843. The van der Waals surface area contributed by atoms with Gasteiger partial charge in [-0.3, -0.25) is 9.59 Å². The van der Waals surface area contributed by atoms with Crippen molar-refractivity contribution in [3.8, 4) is 0 Å². The lowest BCUT2D eigenvalue weighted by Crippen LogP contribution is -2.35. The maximum Gasteiger partial charge on any atom is 0.363 e. The van der Waals surface area contributed by atoms with Crippen molar-refractivity contribution in [2.45, 2.75) is 59.1 Å². The van der Waals surface area contributed by atoms with E-state index in [0.717, 1.165) is 5.56 Å². The van der Waals surface area contributed by atoms with Gasteiger partial charge in [0.05, 0.1) is 5.56 Å². The molecule has 1 fully saturated rings. The number of hydrogen-bond acceptors (Lipinski definition) is 7. The SMILES string of the molecule is CCNC(C(=O)OC(C)(C)C)c1cc(C(=O)ON2C(=O)CCC2=O)ccc1C. The highest BCUT2D eigenvalue weighted by Crippen LogP contribution is 2.24. The van der Waals surface area contributed by atoms with Crippen LogP contribution in [0.4, 0.5) is 0 Å². The van der Waals surface area contributed by atoms with Gasteiger partial charge in [-0.25, -0.2) is 9.59 Å². The van der Waals surface area contributed by atoms with Crippen molar-refractivity contribution >= 4 is 23.8 Å². The molecule has 0 saturated carbocycles. The minimum absolute atomic E-state index is 0.0202. The van der Waals surface area contributed by atoms with E-state index in [1.54, 1.807) is 26.8 Å². The van der Waals surface area contributed by atoms with Crippen molar-refractivity contribution in [1.29, 1.82) is 0 Å². The lowest BCUT2D eigenvalue weighted by molar-refractivity contribution is -0.172.